The van der Waals surface area contributed by atoms with E-state index in [1.807, 2.05) is 11.9 Å². The molecule has 0 radical (unpaired) electrons. The normalized spacial score (nSPS) is 10.4. The summed E-state index contributed by atoms with van der Waals surface area (Å²) in [7, 11) is 3.54. The molecule has 4 heteroatoms. The molecule has 4 nitrogen and oxygen atoms in total. The highest BCUT2D eigenvalue weighted by Crippen LogP contribution is 1.96. The van der Waals surface area contributed by atoms with Crippen molar-refractivity contribution in [3.8, 4) is 0 Å². The predicted molar refractivity (Wildman–Crippen MR) is 46.3 cm³/mol. The van der Waals surface area contributed by atoms with Crippen molar-refractivity contribution in [3.05, 3.63) is 12.4 Å². The van der Waals surface area contributed by atoms with E-state index in [1.54, 1.807) is 7.11 Å². The Kier molecular flexibility index (Phi) is 5.20. The molecule has 0 aliphatic rings. The highest BCUT2D eigenvalue weighted by Gasteiger charge is 1.97. The molecular formula is C7H15N3O. The van der Waals surface area contributed by atoms with Gasteiger partial charge in [0.2, 0.25) is 0 Å². The van der Waals surface area contributed by atoms with Crippen LogP contribution in [0.25, 0.3) is 0 Å². The lowest BCUT2D eigenvalue weighted by Crippen LogP contribution is -2.21. The molecule has 11 heavy (non-hydrogen) atoms. The van der Waals surface area contributed by atoms with Crippen LogP contribution >= 0.6 is 0 Å². The first-order chi connectivity index (χ1) is 5.22. The minimum absolute atomic E-state index is 0.643. The minimum Gasteiger partial charge on any atom is -0.390 e. The van der Waals surface area contributed by atoms with Crippen LogP contribution in [0.15, 0.2) is 17.4 Å². The molecule has 0 aromatic rings. The summed E-state index contributed by atoms with van der Waals surface area (Å²) in [4.78, 5) is 5.67. The van der Waals surface area contributed by atoms with E-state index in [-0.39, 0.29) is 0 Å². The van der Waals surface area contributed by atoms with E-state index in [0.717, 1.165) is 6.54 Å². The van der Waals surface area contributed by atoms with E-state index in [4.69, 9.17) is 10.5 Å². The first-order valence-electron chi connectivity index (χ1n) is 3.35. The zero-order chi connectivity index (χ0) is 8.69. The Bertz CT molecular complexity index is 145. The van der Waals surface area contributed by atoms with Crippen molar-refractivity contribution >= 4 is 6.34 Å². The first kappa shape index (κ1) is 9.97. The van der Waals surface area contributed by atoms with Crippen LogP contribution in [0.1, 0.15) is 0 Å². The molecule has 0 heterocycles. The van der Waals surface area contributed by atoms with Gasteiger partial charge in [-0.15, -0.1) is 0 Å². The fraction of sp³-hybridized carbons (Fsp3) is 0.571. The van der Waals surface area contributed by atoms with Crippen molar-refractivity contribution in [2.75, 3.05) is 27.3 Å². The van der Waals surface area contributed by atoms with Gasteiger partial charge in [0.25, 0.3) is 0 Å². The summed E-state index contributed by atoms with van der Waals surface area (Å²) in [5.41, 5.74) is 5.09. The molecule has 0 aliphatic heterocycles. The van der Waals surface area contributed by atoms with Crippen molar-refractivity contribution in [3.63, 3.8) is 0 Å². The molecule has 0 spiro atoms. The van der Waals surface area contributed by atoms with E-state index in [1.165, 1.54) is 6.34 Å². The second kappa shape index (κ2) is 5.73. The number of nitrogens with zero attached hydrogens (tertiary/aromatic N) is 2. The topological polar surface area (TPSA) is 50.8 Å². The standard InChI is InChI=1S/C7H15N3O/c1-7(9-6-8)10(2)4-5-11-3/h6H,1,4-5H2,2-3H3,(H2,8,9). The SMILES string of the molecule is C=C(/N=C\N)N(C)CCOC. The van der Waals surface area contributed by atoms with Crippen molar-refractivity contribution < 1.29 is 4.74 Å². The molecule has 0 amide bonds. The smallest absolute Gasteiger partial charge is 0.122 e. The number of ether oxygens (including phenoxy) is 1. The van der Waals surface area contributed by atoms with Gasteiger partial charge in [0.05, 0.1) is 12.9 Å². The number of aliphatic imine (C=N–C) groups is 1. The summed E-state index contributed by atoms with van der Waals surface area (Å²) in [6.07, 6.45) is 1.23. The molecule has 0 aromatic heterocycles. The average Bonchev–Trinajstić information content (AvgIpc) is 2.00. The first-order valence-corrected chi connectivity index (χ1v) is 3.35. The zero-order valence-corrected chi connectivity index (χ0v) is 7.08. The summed E-state index contributed by atoms with van der Waals surface area (Å²) in [5.74, 6) is 0.643. The van der Waals surface area contributed by atoms with E-state index >= 15 is 0 Å². The Balaban J connectivity index is 3.64. The third-order valence-corrected chi connectivity index (χ3v) is 1.30. The predicted octanol–water partition coefficient (Wildman–Crippen LogP) is 0.0228. The summed E-state index contributed by atoms with van der Waals surface area (Å²) < 4.78 is 4.87. The van der Waals surface area contributed by atoms with Gasteiger partial charge in [0.15, 0.2) is 0 Å². The highest BCUT2D eigenvalue weighted by molar-refractivity contribution is 5.52. The number of rotatable bonds is 5. The molecule has 0 fully saturated rings. The van der Waals surface area contributed by atoms with E-state index in [9.17, 15) is 0 Å². The summed E-state index contributed by atoms with van der Waals surface area (Å²) >= 11 is 0. The molecule has 0 bridgehead atoms. The maximum Gasteiger partial charge on any atom is 0.122 e. The monoisotopic (exact) mass is 157 g/mol. The molecule has 0 rings (SSSR count). The van der Waals surface area contributed by atoms with Crippen LogP contribution in [-0.4, -0.2) is 38.5 Å². The largest absolute Gasteiger partial charge is 0.390 e. The molecule has 0 aliphatic carbocycles. The molecule has 0 aromatic carbocycles. The summed E-state index contributed by atoms with van der Waals surface area (Å²) in [6, 6.07) is 0. The Labute approximate surface area is 67.3 Å². The Morgan fingerprint density at radius 3 is 2.91 bits per heavy atom. The number of hydrogen-bond donors (Lipinski definition) is 1. The quantitative estimate of drug-likeness (QED) is 0.452. The van der Waals surface area contributed by atoms with E-state index < -0.39 is 0 Å². The molecular weight excluding hydrogens is 142 g/mol. The third-order valence-electron chi connectivity index (χ3n) is 1.30. The van der Waals surface area contributed by atoms with Crippen molar-refractivity contribution in [2.45, 2.75) is 0 Å². The summed E-state index contributed by atoms with van der Waals surface area (Å²) in [5, 5.41) is 0. The van der Waals surface area contributed by atoms with Gasteiger partial charge < -0.3 is 15.4 Å². The van der Waals surface area contributed by atoms with Crippen LogP contribution in [0.2, 0.25) is 0 Å². The number of nitrogens with two attached hydrogens (primary N) is 1. The maximum absolute atomic E-state index is 5.09. The van der Waals surface area contributed by atoms with Crippen LogP contribution in [0, 0.1) is 0 Å². The minimum atomic E-state index is 0.643. The second-order valence-electron chi connectivity index (χ2n) is 2.11. The van der Waals surface area contributed by atoms with Gasteiger partial charge in [-0.25, -0.2) is 4.99 Å². The summed E-state index contributed by atoms with van der Waals surface area (Å²) in [6.45, 7) is 5.12. The molecule has 0 saturated carbocycles. The maximum atomic E-state index is 5.09. The zero-order valence-electron chi connectivity index (χ0n) is 7.08. The van der Waals surface area contributed by atoms with Gasteiger partial charge in [0, 0.05) is 20.7 Å². The van der Waals surface area contributed by atoms with Gasteiger partial charge in [-0.1, -0.05) is 6.58 Å². The fourth-order valence-electron chi connectivity index (χ4n) is 0.542. The Morgan fingerprint density at radius 1 is 1.82 bits per heavy atom. The van der Waals surface area contributed by atoms with Crippen LogP contribution in [-0.2, 0) is 4.74 Å². The van der Waals surface area contributed by atoms with Crippen molar-refractivity contribution in [1.82, 2.24) is 4.90 Å². The third kappa shape index (κ3) is 4.38. The average molecular weight is 157 g/mol. The molecule has 64 valence electrons. The van der Waals surface area contributed by atoms with Gasteiger partial charge in [-0.3, -0.25) is 0 Å². The van der Waals surface area contributed by atoms with Gasteiger partial charge >= 0.3 is 0 Å². The number of methoxy groups -OCH3 is 1. The number of hydrogen-bond acceptors (Lipinski definition) is 3. The lowest BCUT2D eigenvalue weighted by Gasteiger charge is -2.16. The van der Waals surface area contributed by atoms with Gasteiger partial charge in [-0.2, -0.15) is 0 Å². The van der Waals surface area contributed by atoms with Crippen molar-refractivity contribution in [2.24, 2.45) is 10.7 Å². The molecule has 0 unspecified atom stereocenters. The fourth-order valence-corrected chi connectivity index (χ4v) is 0.542. The lowest BCUT2D eigenvalue weighted by molar-refractivity contribution is 0.173. The van der Waals surface area contributed by atoms with Crippen LogP contribution in [0.3, 0.4) is 0 Å². The molecule has 0 saturated heterocycles. The van der Waals surface area contributed by atoms with Crippen LogP contribution in [0.5, 0.6) is 0 Å². The van der Waals surface area contributed by atoms with Crippen LogP contribution < -0.4 is 5.73 Å². The van der Waals surface area contributed by atoms with Gasteiger partial charge in [0.1, 0.15) is 5.82 Å². The van der Waals surface area contributed by atoms with Gasteiger partial charge in [-0.05, 0) is 0 Å². The Morgan fingerprint density at radius 2 is 2.45 bits per heavy atom. The molecule has 2 N–H and O–H groups in total. The van der Waals surface area contributed by atoms with E-state index in [2.05, 4.69) is 11.6 Å². The molecule has 0 atom stereocenters. The van der Waals surface area contributed by atoms with Crippen LogP contribution in [0.4, 0.5) is 0 Å². The lowest BCUT2D eigenvalue weighted by atomic mass is 10.6. The second-order valence-corrected chi connectivity index (χ2v) is 2.11. The Hall–Kier alpha value is -1.03. The van der Waals surface area contributed by atoms with E-state index in [0.29, 0.717) is 12.4 Å². The highest BCUT2D eigenvalue weighted by atomic mass is 16.5. The number of likely N-dealkylation sites (N-methyl/N-ethyl adjacent to an activating group) is 1. The van der Waals surface area contributed by atoms with Crippen molar-refractivity contribution in [1.29, 1.82) is 0 Å².